The van der Waals surface area contributed by atoms with Crippen molar-refractivity contribution in [1.82, 2.24) is 14.5 Å². The number of nitrogens with one attached hydrogen (secondary N) is 2. The Kier molecular flexibility index (Phi) is 5.16. The molecule has 0 saturated carbocycles. The molecule has 2 heterocycles. The van der Waals surface area contributed by atoms with Crippen molar-refractivity contribution >= 4 is 22.4 Å². The number of aromatic nitrogens is 3. The van der Waals surface area contributed by atoms with Crippen LogP contribution >= 0.6 is 0 Å². The Morgan fingerprint density at radius 3 is 2.44 bits per heavy atom. The van der Waals surface area contributed by atoms with Gasteiger partial charge in [-0.05, 0) is 60.7 Å². The third-order valence-electron chi connectivity index (χ3n) is 5.41. The number of pyridine rings is 1. The molecule has 1 aliphatic carbocycles. The first-order valence-corrected chi connectivity index (χ1v) is 10.3. The Balaban J connectivity index is 1.71. The van der Waals surface area contributed by atoms with Crippen molar-refractivity contribution in [2.75, 3.05) is 12.4 Å². The Morgan fingerprint density at radius 2 is 1.71 bits per heavy atom. The van der Waals surface area contributed by atoms with Crippen LogP contribution in [0.4, 0.5) is 24.5 Å². The predicted molar refractivity (Wildman–Crippen MR) is 123 cm³/mol. The van der Waals surface area contributed by atoms with Crippen LogP contribution < -0.4 is 15.4 Å². The first kappa shape index (κ1) is 21.4. The van der Waals surface area contributed by atoms with Gasteiger partial charge in [-0.15, -0.1) is 0 Å². The van der Waals surface area contributed by atoms with E-state index in [1.54, 1.807) is 30.5 Å². The van der Waals surface area contributed by atoms with Crippen LogP contribution in [0, 0.1) is 5.41 Å². The average molecular weight is 461 g/mol. The number of ether oxygens (including phenoxy) is 1. The first-order valence-electron chi connectivity index (χ1n) is 10.3. The third-order valence-corrected chi connectivity index (χ3v) is 5.41. The van der Waals surface area contributed by atoms with Gasteiger partial charge in [0.1, 0.15) is 5.69 Å². The summed E-state index contributed by atoms with van der Waals surface area (Å²) in [7, 11) is 1.51. The van der Waals surface area contributed by atoms with Gasteiger partial charge in [0.25, 0.3) is 0 Å². The molecule has 0 radical (unpaired) electrons. The van der Waals surface area contributed by atoms with E-state index in [9.17, 15) is 13.2 Å². The summed E-state index contributed by atoms with van der Waals surface area (Å²) in [6, 6.07) is 19.2. The van der Waals surface area contributed by atoms with Gasteiger partial charge in [0, 0.05) is 11.9 Å². The molecule has 9 heteroatoms. The standard InChI is InChI=1S/C25H18F3N5O/c1-34-24-19(6-4-12-30-24)32-20-14-21-23(13-17(20)29)33(22-7-3-2-5-18(22)31-21)16-10-8-15(9-11-16)25(26,27)28/h2-14,29,32H,1H3. The van der Waals surface area contributed by atoms with E-state index < -0.39 is 11.7 Å². The van der Waals surface area contributed by atoms with Gasteiger partial charge in [-0.25, -0.2) is 9.97 Å². The highest BCUT2D eigenvalue weighted by Gasteiger charge is 2.30. The maximum atomic E-state index is 13.1. The number of fused-ring (bicyclic) bond motifs is 2. The van der Waals surface area contributed by atoms with Gasteiger partial charge in [0.05, 0.1) is 46.1 Å². The van der Waals surface area contributed by atoms with E-state index >= 15 is 0 Å². The summed E-state index contributed by atoms with van der Waals surface area (Å²) in [5.41, 5.74) is 3.42. The van der Waals surface area contributed by atoms with Crippen LogP contribution in [0.1, 0.15) is 5.56 Å². The predicted octanol–water partition coefficient (Wildman–Crippen LogP) is 5.78. The molecule has 0 amide bonds. The lowest BCUT2D eigenvalue weighted by atomic mass is 10.1. The zero-order chi connectivity index (χ0) is 23.9. The molecule has 1 aromatic heterocycles. The van der Waals surface area contributed by atoms with E-state index in [0.717, 1.165) is 12.1 Å². The highest BCUT2D eigenvalue weighted by molar-refractivity contribution is 5.84. The van der Waals surface area contributed by atoms with Crippen LogP contribution in [-0.2, 0) is 6.18 Å². The molecule has 2 N–H and O–H groups in total. The molecule has 0 atom stereocenters. The van der Waals surface area contributed by atoms with E-state index in [4.69, 9.17) is 15.1 Å². The van der Waals surface area contributed by atoms with Crippen LogP contribution in [-0.4, -0.2) is 21.6 Å². The molecule has 0 unspecified atom stereocenters. The summed E-state index contributed by atoms with van der Waals surface area (Å²) in [6.45, 7) is 0. The monoisotopic (exact) mass is 461 g/mol. The highest BCUT2D eigenvalue weighted by Crippen LogP contribution is 2.33. The number of anilines is 2. The Labute approximate surface area is 192 Å². The number of hydrogen-bond donors (Lipinski definition) is 2. The van der Waals surface area contributed by atoms with Crippen LogP contribution in [0.2, 0.25) is 0 Å². The summed E-state index contributed by atoms with van der Waals surface area (Å²) in [5, 5.41) is 11.9. The fraction of sp³-hybridized carbons (Fsp3) is 0.0800. The van der Waals surface area contributed by atoms with Crippen LogP contribution in [0.5, 0.6) is 5.88 Å². The number of nitrogens with zero attached hydrogens (tertiary/aromatic N) is 3. The van der Waals surface area contributed by atoms with E-state index in [1.165, 1.54) is 19.2 Å². The summed E-state index contributed by atoms with van der Waals surface area (Å²) in [4.78, 5) is 8.89. The number of methoxy groups -OCH3 is 1. The van der Waals surface area contributed by atoms with Crippen molar-refractivity contribution in [2.45, 2.75) is 6.18 Å². The quantitative estimate of drug-likeness (QED) is 0.333. The minimum absolute atomic E-state index is 0.177. The molecule has 0 saturated heterocycles. The zero-order valence-corrected chi connectivity index (χ0v) is 17.9. The maximum Gasteiger partial charge on any atom is 0.416 e. The summed E-state index contributed by atoms with van der Waals surface area (Å²) >= 11 is 0. The molecule has 6 nitrogen and oxygen atoms in total. The smallest absolute Gasteiger partial charge is 0.416 e. The Hall–Kier alpha value is -4.40. The van der Waals surface area contributed by atoms with Gasteiger partial charge in [0.2, 0.25) is 5.88 Å². The van der Waals surface area contributed by atoms with Gasteiger partial charge >= 0.3 is 6.18 Å². The molecule has 3 aromatic rings. The van der Waals surface area contributed by atoms with Crippen LogP contribution in [0.25, 0.3) is 28.1 Å². The summed E-state index contributed by atoms with van der Waals surface area (Å²) in [6.07, 6.45) is -2.82. The molecule has 34 heavy (non-hydrogen) atoms. The number of halogens is 3. The minimum atomic E-state index is -4.42. The number of benzene rings is 3. The normalized spacial score (nSPS) is 11.6. The van der Waals surface area contributed by atoms with Gasteiger partial charge in [-0.1, -0.05) is 12.1 Å². The molecule has 5 rings (SSSR count). The molecule has 1 aliphatic heterocycles. The van der Waals surface area contributed by atoms with Crippen molar-refractivity contribution in [2.24, 2.45) is 0 Å². The second-order valence-corrected chi connectivity index (χ2v) is 7.55. The van der Waals surface area contributed by atoms with Crippen LogP contribution in [0.3, 0.4) is 0 Å². The van der Waals surface area contributed by atoms with Crippen molar-refractivity contribution in [3.63, 3.8) is 0 Å². The van der Waals surface area contributed by atoms with Gasteiger partial charge < -0.3 is 14.6 Å². The Bertz CT molecular complexity index is 1530. The number of rotatable bonds is 4. The average Bonchev–Trinajstić information content (AvgIpc) is 2.83. The van der Waals surface area contributed by atoms with E-state index in [-0.39, 0.29) is 5.36 Å². The van der Waals surface area contributed by atoms with E-state index in [0.29, 0.717) is 45.4 Å². The second kappa shape index (κ2) is 8.18. The van der Waals surface area contributed by atoms with Crippen molar-refractivity contribution in [3.8, 4) is 23.0 Å². The maximum absolute atomic E-state index is 13.1. The van der Waals surface area contributed by atoms with Gasteiger partial charge in [-0.3, -0.25) is 5.41 Å². The SMILES string of the molecule is COc1ncccc1Nc1cc2nc3ccccc3n(-c3ccc(C(F)(F)F)cc3)c-2cc1=N. The topological polar surface area (TPSA) is 75.8 Å². The fourth-order valence-electron chi connectivity index (χ4n) is 3.83. The largest absolute Gasteiger partial charge is 0.480 e. The third kappa shape index (κ3) is 3.81. The number of alkyl halides is 3. The first-order chi connectivity index (χ1) is 16.3. The number of hydrogen-bond acceptors (Lipinski definition) is 5. The Morgan fingerprint density at radius 1 is 0.941 bits per heavy atom. The molecule has 0 fully saturated rings. The van der Waals surface area contributed by atoms with Crippen LogP contribution in [0.15, 0.2) is 79.0 Å². The summed E-state index contributed by atoms with van der Waals surface area (Å²) < 4.78 is 46.4. The molecule has 0 bridgehead atoms. The van der Waals surface area contributed by atoms with Crippen molar-refractivity contribution in [1.29, 1.82) is 5.41 Å². The minimum Gasteiger partial charge on any atom is -0.480 e. The molecular formula is C25H18F3N5O. The lowest BCUT2D eigenvalue weighted by Crippen LogP contribution is -2.14. The molecule has 2 aliphatic rings. The lowest BCUT2D eigenvalue weighted by Gasteiger charge is -2.20. The molecule has 0 spiro atoms. The summed E-state index contributed by atoms with van der Waals surface area (Å²) in [5.74, 6) is 0.383. The molecule has 2 aromatic carbocycles. The zero-order valence-electron chi connectivity index (χ0n) is 17.9. The van der Waals surface area contributed by atoms with Gasteiger partial charge in [0.15, 0.2) is 0 Å². The highest BCUT2D eigenvalue weighted by atomic mass is 19.4. The van der Waals surface area contributed by atoms with E-state index in [2.05, 4.69) is 10.3 Å². The van der Waals surface area contributed by atoms with E-state index in [1.807, 2.05) is 28.8 Å². The lowest BCUT2D eigenvalue weighted by molar-refractivity contribution is -0.137. The van der Waals surface area contributed by atoms with Crippen molar-refractivity contribution in [3.05, 3.63) is 89.9 Å². The fourth-order valence-corrected chi connectivity index (χ4v) is 3.83. The second-order valence-electron chi connectivity index (χ2n) is 7.55. The van der Waals surface area contributed by atoms with Gasteiger partial charge in [-0.2, -0.15) is 13.2 Å². The molecular weight excluding hydrogens is 443 g/mol. The number of para-hydroxylation sites is 2. The molecule has 170 valence electrons. The van der Waals surface area contributed by atoms with Crippen molar-refractivity contribution < 1.29 is 17.9 Å².